The zero-order valence-electron chi connectivity index (χ0n) is 23.5. The van der Waals surface area contributed by atoms with Gasteiger partial charge in [0.1, 0.15) is 12.0 Å². The number of ether oxygens (including phenoxy) is 1. The fourth-order valence-electron chi connectivity index (χ4n) is 6.23. The topological polar surface area (TPSA) is 79.1 Å². The van der Waals surface area contributed by atoms with Gasteiger partial charge in [0.05, 0.1) is 6.04 Å². The van der Waals surface area contributed by atoms with E-state index < -0.39 is 0 Å². The molecule has 1 aromatic heterocycles. The Morgan fingerprint density at radius 1 is 1.00 bits per heavy atom. The van der Waals surface area contributed by atoms with Crippen molar-refractivity contribution in [3.8, 4) is 5.75 Å². The molecule has 1 unspecified atom stereocenters. The first-order valence-electron chi connectivity index (χ1n) is 14.5. The summed E-state index contributed by atoms with van der Waals surface area (Å²) in [6.45, 7) is 6.00. The average molecular weight is 543 g/mol. The van der Waals surface area contributed by atoms with Gasteiger partial charge in [0.15, 0.2) is 12.3 Å². The second-order valence-corrected chi connectivity index (χ2v) is 11.4. The maximum Gasteiger partial charge on any atom is 0.275 e. The number of carbonyl (C=O) groups excluding carboxylic acids is 2. The van der Waals surface area contributed by atoms with E-state index in [9.17, 15) is 9.59 Å². The van der Waals surface area contributed by atoms with Crippen molar-refractivity contribution < 1.29 is 18.7 Å². The normalized spacial score (nSPS) is 20.0. The SMILES string of the molecule is Cc1ccc(C2c3cc(OCc4nc(C(=O)N5CCN(C)CC5)co4)ccc3CCN2C(=O)C2CCCC2)cc1. The first-order valence-corrected chi connectivity index (χ1v) is 14.5. The van der Waals surface area contributed by atoms with Gasteiger partial charge in [0, 0.05) is 38.6 Å². The Kier molecular flexibility index (Phi) is 7.61. The van der Waals surface area contributed by atoms with Gasteiger partial charge in [0.25, 0.3) is 5.91 Å². The molecule has 2 aromatic carbocycles. The molecule has 6 rings (SSSR count). The molecule has 1 atom stereocenters. The van der Waals surface area contributed by atoms with Gasteiger partial charge < -0.3 is 23.9 Å². The molecule has 1 saturated carbocycles. The number of nitrogens with zero attached hydrogens (tertiary/aromatic N) is 4. The van der Waals surface area contributed by atoms with E-state index in [-0.39, 0.29) is 30.4 Å². The summed E-state index contributed by atoms with van der Waals surface area (Å²) in [6, 6.07) is 14.5. The van der Waals surface area contributed by atoms with Crippen LogP contribution in [0.2, 0.25) is 0 Å². The number of hydrogen-bond acceptors (Lipinski definition) is 6. The third-order valence-electron chi connectivity index (χ3n) is 8.65. The van der Waals surface area contributed by atoms with Crippen molar-refractivity contribution in [3.63, 3.8) is 0 Å². The van der Waals surface area contributed by atoms with Crippen LogP contribution in [0.5, 0.6) is 5.75 Å². The number of oxazole rings is 1. The summed E-state index contributed by atoms with van der Waals surface area (Å²) in [5.41, 5.74) is 4.98. The summed E-state index contributed by atoms with van der Waals surface area (Å²) in [6.07, 6.45) is 6.50. The average Bonchev–Trinajstić information content (AvgIpc) is 3.69. The standard InChI is InChI=1S/C32H38N4O4/c1-22-7-9-24(10-8-22)30-27-19-26(12-11-23(27)13-14-36(30)31(37)25-5-3-4-6-25)39-21-29-33-28(20-40-29)32(38)35-17-15-34(2)16-18-35/h7-12,19-20,25,30H,3-6,13-18,21H2,1-2H3. The molecular formula is C32H38N4O4. The van der Waals surface area contributed by atoms with Crippen LogP contribution in [0, 0.1) is 12.8 Å². The van der Waals surface area contributed by atoms with E-state index in [4.69, 9.17) is 9.15 Å². The molecule has 40 heavy (non-hydrogen) atoms. The van der Waals surface area contributed by atoms with Crippen LogP contribution < -0.4 is 4.74 Å². The van der Waals surface area contributed by atoms with Crippen LogP contribution in [-0.2, 0) is 17.8 Å². The van der Waals surface area contributed by atoms with Crippen molar-refractivity contribution in [2.75, 3.05) is 39.8 Å². The molecule has 0 N–H and O–H groups in total. The second-order valence-electron chi connectivity index (χ2n) is 11.4. The lowest BCUT2D eigenvalue weighted by Gasteiger charge is -2.39. The highest BCUT2D eigenvalue weighted by Gasteiger charge is 2.36. The number of rotatable bonds is 6. The summed E-state index contributed by atoms with van der Waals surface area (Å²) < 4.78 is 11.7. The number of piperazine rings is 1. The molecule has 0 spiro atoms. The molecule has 2 aliphatic heterocycles. The van der Waals surface area contributed by atoms with Crippen LogP contribution in [-0.4, -0.2) is 71.3 Å². The highest BCUT2D eigenvalue weighted by Crippen LogP contribution is 2.40. The Morgan fingerprint density at radius 2 is 1.75 bits per heavy atom. The molecular weight excluding hydrogens is 504 g/mol. The van der Waals surface area contributed by atoms with Crippen molar-refractivity contribution in [1.29, 1.82) is 0 Å². The van der Waals surface area contributed by atoms with E-state index >= 15 is 0 Å². The van der Waals surface area contributed by atoms with Gasteiger partial charge in [-0.1, -0.05) is 48.7 Å². The molecule has 210 valence electrons. The highest BCUT2D eigenvalue weighted by molar-refractivity contribution is 5.92. The lowest BCUT2D eigenvalue weighted by atomic mass is 9.86. The van der Waals surface area contributed by atoms with Gasteiger partial charge in [-0.3, -0.25) is 9.59 Å². The number of likely N-dealkylation sites (N-methyl/N-ethyl adjacent to an activating group) is 1. The molecule has 1 aliphatic carbocycles. The molecule has 3 aromatic rings. The van der Waals surface area contributed by atoms with Gasteiger partial charge in [-0.25, -0.2) is 4.98 Å². The van der Waals surface area contributed by atoms with Gasteiger partial charge in [0.2, 0.25) is 11.8 Å². The number of benzene rings is 2. The molecule has 8 heteroatoms. The quantitative estimate of drug-likeness (QED) is 0.453. The molecule has 2 fully saturated rings. The van der Waals surface area contributed by atoms with Crippen molar-refractivity contribution >= 4 is 11.8 Å². The predicted octanol–water partition coefficient (Wildman–Crippen LogP) is 4.61. The number of fused-ring (bicyclic) bond motifs is 1. The first-order chi connectivity index (χ1) is 19.5. The van der Waals surface area contributed by atoms with Crippen molar-refractivity contribution in [2.45, 2.75) is 51.7 Å². The monoisotopic (exact) mass is 542 g/mol. The largest absolute Gasteiger partial charge is 0.484 e. The van der Waals surface area contributed by atoms with Crippen LogP contribution in [0.15, 0.2) is 53.1 Å². The van der Waals surface area contributed by atoms with Crippen LogP contribution in [0.25, 0.3) is 0 Å². The van der Waals surface area contributed by atoms with E-state index in [1.165, 1.54) is 17.4 Å². The fourth-order valence-corrected chi connectivity index (χ4v) is 6.23. The van der Waals surface area contributed by atoms with E-state index in [1.807, 2.05) is 11.0 Å². The second kappa shape index (κ2) is 11.5. The van der Waals surface area contributed by atoms with Gasteiger partial charge in [-0.15, -0.1) is 0 Å². The molecule has 1 saturated heterocycles. The van der Waals surface area contributed by atoms with Crippen LogP contribution in [0.1, 0.15) is 70.4 Å². The Balaban J connectivity index is 1.20. The third-order valence-corrected chi connectivity index (χ3v) is 8.65. The number of aromatic nitrogens is 1. The minimum absolute atomic E-state index is 0.107. The third kappa shape index (κ3) is 5.50. The van der Waals surface area contributed by atoms with E-state index in [1.54, 1.807) is 0 Å². The molecule has 3 heterocycles. The number of carbonyl (C=O) groups is 2. The van der Waals surface area contributed by atoms with Gasteiger partial charge in [-0.05, 0) is 62.1 Å². The van der Waals surface area contributed by atoms with Gasteiger partial charge in [-0.2, -0.15) is 0 Å². The number of hydrogen-bond donors (Lipinski definition) is 0. The van der Waals surface area contributed by atoms with E-state index in [0.717, 1.165) is 62.9 Å². The van der Waals surface area contributed by atoms with Crippen molar-refractivity contribution in [3.05, 3.63) is 82.6 Å². The zero-order valence-corrected chi connectivity index (χ0v) is 23.5. The van der Waals surface area contributed by atoms with Crippen LogP contribution in [0.3, 0.4) is 0 Å². The maximum atomic E-state index is 13.7. The fraction of sp³-hybridized carbons (Fsp3) is 0.469. The Bertz CT molecular complexity index is 1350. The number of amides is 2. The predicted molar refractivity (Wildman–Crippen MR) is 151 cm³/mol. The Labute approximate surface area is 235 Å². The molecule has 3 aliphatic rings. The van der Waals surface area contributed by atoms with E-state index in [0.29, 0.717) is 30.4 Å². The Morgan fingerprint density at radius 3 is 2.50 bits per heavy atom. The minimum Gasteiger partial charge on any atom is -0.484 e. The molecule has 0 radical (unpaired) electrons. The molecule has 0 bridgehead atoms. The Hall–Kier alpha value is -3.65. The van der Waals surface area contributed by atoms with Crippen molar-refractivity contribution in [1.82, 2.24) is 19.7 Å². The van der Waals surface area contributed by atoms with Crippen LogP contribution in [0.4, 0.5) is 0 Å². The lowest BCUT2D eigenvalue weighted by Crippen LogP contribution is -2.47. The van der Waals surface area contributed by atoms with E-state index in [2.05, 4.69) is 65.2 Å². The van der Waals surface area contributed by atoms with Crippen LogP contribution >= 0.6 is 0 Å². The summed E-state index contributed by atoms with van der Waals surface area (Å²) in [5.74, 6) is 1.35. The maximum absolute atomic E-state index is 13.7. The first kappa shape index (κ1) is 26.6. The van der Waals surface area contributed by atoms with Crippen molar-refractivity contribution in [2.24, 2.45) is 5.92 Å². The summed E-state index contributed by atoms with van der Waals surface area (Å²) >= 11 is 0. The van der Waals surface area contributed by atoms with Gasteiger partial charge >= 0.3 is 0 Å². The molecule has 8 nitrogen and oxygen atoms in total. The summed E-state index contributed by atoms with van der Waals surface area (Å²) in [7, 11) is 2.06. The minimum atomic E-state index is -0.143. The smallest absolute Gasteiger partial charge is 0.275 e. The summed E-state index contributed by atoms with van der Waals surface area (Å²) in [5, 5.41) is 0. The molecule has 2 amide bonds. The number of aryl methyl sites for hydroxylation is 1. The summed E-state index contributed by atoms with van der Waals surface area (Å²) in [4.78, 5) is 37.0. The zero-order chi connectivity index (χ0) is 27.6. The lowest BCUT2D eigenvalue weighted by molar-refractivity contribution is -0.137. The highest BCUT2D eigenvalue weighted by atomic mass is 16.5.